The molecule has 152 valence electrons. The van der Waals surface area contributed by atoms with Crippen LogP contribution in [0.15, 0.2) is 48.5 Å². The third-order valence-electron chi connectivity index (χ3n) is 5.38. The number of rotatable bonds is 6. The van der Waals surface area contributed by atoms with Crippen LogP contribution in [0, 0.1) is 5.82 Å². The van der Waals surface area contributed by atoms with Gasteiger partial charge in [0.1, 0.15) is 11.6 Å². The number of aromatic nitrogens is 1. The Balaban J connectivity index is 1.47. The summed E-state index contributed by atoms with van der Waals surface area (Å²) >= 11 is 0. The van der Waals surface area contributed by atoms with E-state index in [1.165, 1.54) is 6.07 Å². The predicted octanol–water partition coefficient (Wildman–Crippen LogP) is 3.03. The molecule has 1 saturated heterocycles. The van der Waals surface area contributed by atoms with Gasteiger partial charge in [-0.05, 0) is 36.8 Å². The molecule has 1 amide bonds. The zero-order valence-corrected chi connectivity index (χ0v) is 16.5. The third-order valence-corrected chi connectivity index (χ3v) is 5.38. The number of nitrogens with one attached hydrogen (secondary N) is 3. The lowest BCUT2D eigenvalue weighted by atomic mass is 10.1. The lowest BCUT2D eigenvalue weighted by Gasteiger charge is -2.14. The van der Waals surface area contributed by atoms with Gasteiger partial charge in [-0.2, -0.15) is 0 Å². The highest BCUT2D eigenvalue weighted by molar-refractivity contribution is 5.87. The molecule has 0 aliphatic carbocycles. The summed E-state index contributed by atoms with van der Waals surface area (Å²) in [7, 11) is 1.67. The minimum absolute atomic E-state index is 0.0158. The summed E-state index contributed by atoms with van der Waals surface area (Å²) in [5.41, 5.74) is 9.06. The Morgan fingerprint density at radius 1 is 1.24 bits per heavy atom. The van der Waals surface area contributed by atoms with Crippen LogP contribution in [-0.4, -0.2) is 23.7 Å². The number of carbonyl (C=O) groups excluding carboxylic acids is 1. The molecule has 4 rings (SSSR count). The molecular formula is C22H25FN4O2. The summed E-state index contributed by atoms with van der Waals surface area (Å²) in [5, 5.41) is 4.01. The molecule has 1 aromatic heterocycles. The number of hydrogen-bond donors (Lipinski definition) is 3. The second kappa shape index (κ2) is 8.23. The molecule has 1 fully saturated rings. The molecule has 2 atom stereocenters. The molecule has 0 radical (unpaired) electrons. The molecule has 2 aromatic carbocycles. The summed E-state index contributed by atoms with van der Waals surface area (Å²) < 4.78 is 21.5. The summed E-state index contributed by atoms with van der Waals surface area (Å²) in [4.78, 5) is 12.3. The number of ether oxygens (including phenoxy) is 1. The van der Waals surface area contributed by atoms with E-state index in [2.05, 4.69) is 39.8 Å². The van der Waals surface area contributed by atoms with E-state index in [-0.39, 0.29) is 30.4 Å². The van der Waals surface area contributed by atoms with Crippen molar-refractivity contribution in [3.8, 4) is 5.75 Å². The van der Waals surface area contributed by atoms with Crippen LogP contribution in [0.25, 0.3) is 10.9 Å². The van der Waals surface area contributed by atoms with Gasteiger partial charge in [-0.3, -0.25) is 4.79 Å². The van der Waals surface area contributed by atoms with E-state index >= 15 is 0 Å². The van der Waals surface area contributed by atoms with Gasteiger partial charge in [-0.25, -0.2) is 15.2 Å². The van der Waals surface area contributed by atoms with Crippen LogP contribution in [-0.2, 0) is 17.8 Å². The fourth-order valence-corrected chi connectivity index (χ4v) is 4.00. The minimum Gasteiger partial charge on any atom is -0.496 e. The van der Waals surface area contributed by atoms with E-state index < -0.39 is 0 Å². The molecule has 3 N–H and O–H groups in total. The maximum atomic E-state index is 13.8. The molecule has 0 bridgehead atoms. The first-order valence-corrected chi connectivity index (χ1v) is 9.80. The summed E-state index contributed by atoms with van der Waals surface area (Å²) in [6.45, 7) is 2.94. The molecule has 2 unspecified atom stereocenters. The van der Waals surface area contributed by atoms with Crippen molar-refractivity contribution in [1.29, 1.82) is 0 Å². The highest BCUT2D eigenvalue weighted by Crippen LogP contribution is 2.33. The number of benzene rings is 2. The van der Waals surface area contributed by atoms with Crippen LogP contribution in [0.5, 0.6) is 5.75 Å². The SMILES string of the molecule is CCn1c(C2CC(NC(=O)Cc3ccccc3F)NN2)cc2c(OC)cccc21. The molecule has 1 aliphatic rings. The third kappa shape index (κ3) is 3.83. The monoisotopic (exact) mass is 396 g/mol. The van der Waals surface area contributed by atoms with Crippen molar-refractivity contribution in [3.63, 3.8) is 0 Å². The normalized spacial score (nSPS) is 18.9. The van der Waals surface area contributed by atoms with Gasteiger partial charge in [-0.15, -0.1) is 0 Å². The Kier molecular flexibility index (Phi) is 5.51. The van der Waals surface area contributed by atoms with Gasteiger partial charge in [-0.1, -0.05) is 24.3 Å². The fraction of sp³-hybridized carbons (Fsp3) is 0.318. The Bertz CT molecular complexity index is 1030. The first-order chi connectivity index (χ1) is 14.1. The number of hydrogen-bond acceptors (Lipinski definition) is 4. The van der Waals surface area contributed by atoms with Crippen LogP contribution >= 0.6 is 0 Å². The highest BCUT2D eigenvalue weighted by Gasteiger charge is 2.29. The zero-order valence-electron chi connectivity index (χ0n) is 16.5. The number of aryl methyl sites for hydroxylation is 1. The van der Waals surface area contributed by atoms with Crippen LogP contribution in [0.1, 0.15) is 30.6 Å². The second-order valence-electron chi connectivity index (χ2n) is 7.17. The zero-order chi connectivity index (χ0) is 20.4. The van der Waals surface area contributed by atoms with Crippen molar-refractivity contribution in [2.75, 3.05) is 7.11 Å². The highest BCUT2D eigenvalue weighted by atomic mass is 19.1. The van der Waals surface area contributed by atoms with Gasteiger partial charge in [0.25, 0.3) is 0 Å². The van der Waals surface area contributed by atoms with Gasteiger partial charge >= 0.3 is 0 Å². The number of halogens is 1. The average Bonchev–Trinajstić information content (AvgIpc) is 3.33. The number of methoxy groups -OCH3 is 1. The van der Waals surface area contributed by atoms with Crippen LogP contribution in [0.3, 0.4) is 0 Å². The van der Waals surface area contributed by atoms with Gasteiger partial charge < -0.3 is 14.6 Å². The number of fused-ring (bicyclic) bond motifs is 1. The second-order valence-corrected chi connectivity index (χ2v) is 7.17. The van der Waals surface area contributed by atoms with Crippen molar-refractivity contribution in [1.82, 2.24) is 20.7 Å². The van der Waals surface area contributed by atoms with E-state index in [9.17, 15) is 9.18 Å². The van der Waals surface area contributed by atoms with E-state index in [1.807, 2.05) is 12.1 Å². The van der Waals surface area contributed by atoms with E-state index in [0.717, 1.165) is 28.9 Å². The van der Waals surface area contributed by atoms with E-state index in [0.29, 0.717) is 12.0 Å². The van der Waals surface area contributed by atoms with Crippen molar-refractivity contribution in [2.24, 2.45) is 0 Å². The molecule has 7 heteroatoms. The smallest absolute Gasteiger partial charge is 0.225 e. The predicted molar refractivity (Wildman–Crippen MR) is 110 cm³/mol. The largest absolute Gasteiger partial charge is 0.496 e. The molecule has 0 saturated carbocycles. The molecule has 6 nitrogen and oxygen atoms in total. The first-order valence-electron chi connectivity index (χ1n) is 9.80. The quantitative estimate of drug-likeness (QED) is 0.599. The molecule has 29 heavy (non-hydrogen) atoms. The number of hydrazine groups is 1. The lowest BCUT2D eigenvalue weighted by Crippen LogP contribution is -2.44. The Morgan fingerprint density at radius 3 is 2.83 bits per heavy atom. The van der Waals surface area contributed by atoms with E-state index in [1.54, 1.807) is 25.3 Å². The number of amides is 1. The van der Waals surface area contributed by atoms with Crippen molar-refractivity contribution in [3.05, 3.63) is 65.6 Å². The fourth-order valence-electron chi connectivity index (χ4n) is 4.00. The topological polar surface area (TPSA) is 67.3 Å². The molecule has 0 spiro atoms. The Morgan fingerprint density at radius 2 is 2.07 bits per heavy atom. The standard InChI is InChI=1S/C22H25FN4O2/c1-3-27-18-9-6-10-20(29-2)15(18)12-19(27)17-13-21(26-25-17)24-22(28)11-14-7-4-5-8-16(14)23/h4-10,12,17,21,25-26H,3,11,13H2,1-2H3,(H,24,28). The maximum Gasteiger partial charge on any atom is 0.225 e. The Hall–Kier alpha value is -2.90. The van der Waals surface area contributed by atoms with Crippen molar-refractivity contribution in [2.45, 2.75) is 38.5 Å². The van der Waals surface area contributed by atoms with Gasteiger partial charge in [0.2, 0.25) is 5.91 Å². The van der Waals surface area contributed by atoms with Crippen molar-refractivity contribution < 1.29 is 13.9 Å². The Labute approximate surface area is 169 Å². The molecular weight excluding hydrogens is 371 g/mol. The lowest BCUT2D eigenvalue weighted by molar-refractivity contribution is -0.121. The summed E-state index contributed by atoms with van der Waals surface area (Å²) in [6, 6.07) is 14.5. The van der Waals surface area contributed by atoms with Gasteiger partial charge in [0.15, 0.2) is 0 Å². The first kappa shape index (κ1) is 19.4. The average molecular weight is 396 g/mol. The maximum absolute atomic E-state index is 13.8. The van der Waals surface area contributed by atoms with Gasteiger partial charge in [0, 0.05) is 24.0 Å². The number of nitrogens with zero attached hydrogens (tertiary/aromatic N) is 1. The summed E-state index contributed by atoms with van der Waals surface area (Å²) in [6.07, 6.45) is 0.466. The van der Waals surface area contributed by atoms with Crippen LogP contribution in [0.2, 0.25) is 0 Å². The van der Waals surface area contributed by atoms with Crippen LogP contribution in [0.4, 0.5) is 4.39 Å². The molecule has 2 heterocycles. The number of carbonyl (C=O) groups is 1. The summed E-state index contributed by atoms with van der Waals surface area (Å²) in [5.74, 6) is 0.267. The van der Waals surface area contributed by atoms with Crippen LogP contribution < -0.4 is 20.9 Å². The van der Waals surface area contributed by atoms with Crippen molar-refractivity contribution >= 4 is 16.8 Å². The minimum atomic E-state index is -0.362. The van der Waals surface area contributed by atoms with E-state index in [4.69, 9.17) is 4.74 Å². The van der Waals surface area contributed by atoms with Gasteiger partial charge in [0.05, 0.1) is 31.3 Å². The molecule has 1 aliphatic heterocycles. The molecule has 3 aromatic rings.